The Morgan fingerprint density at radius 2 is 1.36 bits per heavy atom. The van der Waals surface area contributed by atoms with Crippen molar-refractivity contribution in [3.8, 4) is 22.4 Å². The van der Waals surface area contributed by atoms with Crippen LogP contribution < -0.4 is 0 Å². The Labute approximate surface area is 153 Å². The Bertz CT molecular complexity index is 864. The molecule has 25 heavy (non-hydrogen) atoms. The summed E-state index contributed by atoms with van der Waals surface area (Å²) in [5.41, 5.74) is 4.88. The maximum Gasteiger partial charge on any atom is 0.0704 e. The summed E-state index contributed by atoms with van der Waals surface area (Å²) in [6, 6.07) is 22.6. The molecule has 3 rings (SSSR count). The molecule has 120 valence electrons. The third-order valence-corrected chi connectivity index (χ3v) is 4.74. The van der Waals surface area contributed by atoms with E-state index >= 15 is 0 Å². The van der Waals surface area contributed by atoms with Gasteiger partial charge in [-0.2, -0.15) is 0 Å². The molecule has 0 aliphatic heterocycles. The van der Waals surface area contributed by atoms with Crippen molar-refractivity contribution >= 4 is 15.7 Å². The lowest BCUT2D eigenvalue weighted by atomic mass is 9.41. The molecule has 1 aromatic heterocycles. The first-order valence-corrected chi connectivity index (χ1v) is 8.49. The molecule has 0 fully saturated rings. The van der Waals surface area contributed by atoms with Crippen LogP contribution in [0, 0.1) is 5.41 Å². The fourth-order valence-corrected chi connectivity index (χ4v) is 2.77. The van der Waals surface area contributed by atoms with Crippen molar-refractivity contribution in [2.24, 2.45) is 5.41 Å². The van der Waals surface area contributed by atoms with Crippen molar-refractivity contribution in [2.45, 2.75) is 26.0 Å². The number of hydrogen-bond donors (Lipinski definition) is 0. The van der Waals surface area contributed by atoms with Gasteiger partial charge >= 0.3 is 0 Å². The Kier molecular flexibility index (Phi) is 4.60. The molecule has 1 nitrogen and oxygen atoms in total. The van der Waals surface area contributed by atoms with Gasteiger partial charge in [0.05, 0.1) is 21.4 Å². The van der Waals surface area contributed by atoms with Crippen LogP contribution in [-0.2, 0) is 5.21 Å². The molecule has 0 aliphatic carbocycles. The Hall–Kier alpha value is -2.28. The maximum atomic E-state index is 6.43. The highest BCUT2D eigenvalue weighted by Gasteiger charge is 2.33. The highest BCUT2D eigenvalue weighted by atomic mass is 14.7. The largest absolute Gasteiger partial charge is 0.256 e. The summed E-state index contributed by atoms with van der Waals surface area (Å²) in [7, 11) is 12.9. The van der Waals surface area contributed by atoms with Crippen LogP contribution in [0.4, 0.5) is 0 Å². The fraction of sp³-hybridized carbons (Fsp3) is 0.227. The van der Waals surface area contributed by atoms with E-state index < -0.39 is 5.21 Å². The monoisotopic (exact) mass is 321 g/mol. The second-order valence-corrected chi connectivity index (χ2v) is 7.50. The average Bonchev–Trinajstić information content (AvgIpc) is 2.62. The molecule has 2 aromatic carbocycles. The SMILES string of the molecule is [B]C([B])(c1ccnc(-c2cccc(-c3ccccc3)c2)c1)C(C)(C)C. The van der Waals surface area contributed by atoms with Gasteiger partial charge in [-0.3, -0.25) is 4.98 Å². The van der Waals surface area contributed by atoms with E-state index in [0.717, 1.165) is 22.4 Å². The molecule has 0 spiro atoms. The first-order chi connectivity index (χ1) is 11.8. The Balaban J connectivity index is 2.03. The third kappa shape index (κ3) is 3.56. The summed E-state index contributed by atoms with van der Waals surface area (Å²) >= 11 is 0. The zero-order chi connectivity index (χ0) is 18.1. The molecule has 0 unspecified atom stereocenters. The Morgan fingerprint density at radius 3 is 2.04 bits per heavy atom. The van der Waals surface area contributed by atoms with Crippen LogP contribution in [0.2, 0.25) is 0 Å². The van der Waals surface area contributed by atoms with Gasteiger partial charge in [-0.1, -0.05) is 80.1 Å². The number of nitrogens with zero attached hydrogens (tertiary/aromatic N) is 1. The van der Waals surface area contributed by atoms with E-state index in [1.165, 1.54) is 5.56 Å². The lowest BCUT2D eigenvalue weighted by molar-refractivity contribution is 0.358. The number of rotatable bonds is 3. The predicted molar refractivity (Wildman–Crippen MR) is 108 cm³/mol. The van der Waals surface area contributed by atoms with Crippen LogP contribution in [0.5, 0.6) is 0 Å². The van der Waals surface area contributed by atoms with Crippen LogP contribution in [0.1, 0.15) is 26.3 Å². The molecule has 3 aromatic rings. The van der Waals surface area contributed by atoms with Gasteiger partial charge in [0.1, 0.15) is 0 Å². The van der Waals surface area contributed by atoms with E-state index in [-0.39, 0.29) is 5.41 Å². The van der Waals surface area contributed by atoms with Gasteiger partial charge in [0.15, 0.2) is 0 Å². The normalized spacial score (nSPS) is 12.1. The summed E-state index contributed by atoms with van der Waals surface area (Å²) in [6.07, 6.45) is 1.78. The summed E-state index contributed by atoms with van der Waals surface area (Å²) in [4.78, 5) is 4.53. The highest BCUT2D eigenvalue weighted by molar-refractivity contribution is 6.40. The van der Waals surface area contributed by atoms with Crippen LogP contribution in [-0.4, -0.2) is 20.7 Å². The first kappa shape index (κ1) is 17.5. The van der Waals surface area contributed by atoms with Crippen molar-refractivity contribution in [3.63, 3.8) is 0 Å². The van der Waals surface area contributed by atoms with E-state index in [1.54, 1.807) is 6.20 Å². The molecule has 0 amide bonds. The summed E-state index contributed by atoms with van der Waals surface area (Å²) < 4.78 is 0. The number of aromatic nitrogens is 1. The molecule has 0 bridgehead atoms. The predicted octanol–water partition coefficient (Wildman–Crippen LogP) is 4.95. The third-order valence-electron chi connectivity index (χ3n) is 4.74. The zero-order valence-corrected chi connectivity index (χ0v) is 15.0. The van der Waals surface area contributed by atoms with Gasteiger partial charge < -0.3 is 0 Å². The van der Waals surface area contributed by atoms with Gasteiger partial charge in [0.25, 0.3) is 0 Å². The van der Waals surface area contributed by atoms with Crippen molar-refractivity contribution in [3.05, 3.63) is 78.5 Å². The minimum absolute atomic E-state index is 0.266. The second-order valence-electron chi connectivity index (χ2n) is 7.50. The molecular formula is C22H21B2N. The lowest BCUT2D eigenvalue weighted by Crippen LogP contribution is -2.41. The Morgan fingerprint density at radius 1 is 0.720 bits per heavy atom. The lowest BCUT2D eigenvalue weighted by Gasteiger charge is -2.40. The molecule has 0 atom stereocenters. The van der Waals surface area contributed by atoms with Gasteiger partial charge in [-0.15, -0.1) is 0 Å². The fourth-order valence-electron chi connectivity index (χ4n) is 2.77. The van der Waals surface area contributed by atoms with Crippen LogP contribution in [0.25, 0.3) is 22.4 Å². The topological polar surface area (TPSA) is 12.9 Å². The van der Waals surface area contributed by atoms with Gasteiger partial charge in [0.2, 0.25) is 0 Å². The van der Waals surface area contributed by atoms with Crippen LogP contribution in [0.15, 0.2) is 72.9 Å². The second kappa shape index (κ2) is 6.55. The van der Waals surface area contributed by atoms with Gasteiger partial charge in [0, 0.05) is 11.8 Å². The van der Waals surface area contributed by atoms with E-state index in [4.69, 9.17) is 15.7 Å². The van der Waals surface area contributed by atoms with Gasteiger partial charge in [-0.05, 0) is 34.7 Å². The molecule has 4 radical (unpaired) electrons. The van der Waals surface area contributed by atoms with Crippen LogP contribution in [0.3, 0.4) is 0 Å². The molecular weight excluding hydrogens is 300 g/mol. The minimum Gasteiger partial charge on any atom is -0.256 e. The van der Waals surface area contributed by atoms with Crippen molar-refractivity contribution in [2.75, 3.05) is 0 Å². The number of hydrogen-bond acceptors (Lipinski definition) is 1. The molecule has 1 heterocycles. The van der Waals surface area contributed by atoms with E-state index in [9.17, 15) is 0 Å². The number of pyridine rings is 1. The molecule has 0 saturated heterocycles. The molecule has 3 heteroatoms. The molecule has 0 N–H and O–H groups in total. The van der Waals surface area contributed by atoms with Crippen LogP contribution >= 0.6 is 0 Å². The maximum absolute atomic E-state index is 6.43. The number of benzene rings is 2. The smallest absolute Gasteiger partial charge is 0.0704 e. The minimum atomic E-state index is -0.929. The summed E-state index contributed by atoms with van der Waals surface area (Å²) in [5.74, 6) is 0. The quantitative estimate of drug-likeness (QED) is 0.622. The average molecular weight is 321 g/mol. The highest BCUT2D eigenvalue weighted by Crippen LogP contribution is 2.37. The van der Waals surface area contributed by atoms with E-state index in [1.807, 2.05) is 57.2 Å². The van der Waals surface area contributed by atoms with Crippen molar-refractivity contribution in [1.82, 2.24) is 4.98 Å². The van der Waals surface area contributed by atoms with E-state index in [2.05, 4.69) is 35.3 Å². The first-order valence-electron chi connectivity index (χ1n) is 8.49. The summed E-state index contributed by atoms with van der Waals surface area (Å²) in [6.45, 7) is 6.13. The van der Waals surface area contributed by atoms with Gasteiger partial charge in [-0.25, -0.2) is 0 Å². The van der Waals surface area contributed by atoms with Crippen molar-refractivity contribution in [1.29, 1.82) is 0 Å². The molecule has 0 saturated carbocycles. The summed E-state index contributed by atoms with van der Waals surface area (Å²) in [5, 5.41) is -0.929. The zero-order valence-electron chi connectivity index (χ0n) is 15.0. The standard InChI is InChI=1S/C22H21B2N/c1-21(2,3)22(23,24)19-12-13-25-20(15-19)18-11-7-10-17(14-18)16-8-5-4-6-9-16/h4-15H,1-3H3. The van der Waals surface area contributed by atoms with Crippen molar-refractivity contribution < 1.29 is 0 Å². The van der Waals surface area contributed by atoms with E-state index in [0.29, 0.717) is 0 Å². The molecule has 0 aliphatic rings.